The van der Waals surface area contributed by atoms with E-state index >= 15 is 0 Å². The molecule has 4 fully saturated rings. The maximum atomic E-state index is 13.8. The monoisotopic (exact) mass is 513 g/mol. The van der Waals surface area contributed by atoms with Crippen molar-refractivity contribution in [2.45, 2.75) is 83.8 Å². The molecular weight excluding hydrogens is 474 g/mol. The number of methoxy groups -OCH3 is 1. The van der Waals surface area contributed by atoms with Gasteiger partial charge in [0, 0.05) is 19.2 Å². The van der Waals surface area contributed by atoms with Crippen molar-refractivity contribution in [3.05, 3.63) is 23.5 Å². The van der Waals surface area contributed by atoms with Crippen LogP contribution in [0.2, 0.25) is 5.02 Å². The number of fused-ring (bicyclic) bond motifs is 6. The maximum absolute atomic E-state index is 13.8. The molecule has 0 unspecified atom stereocenters. The Hall–Kier alpha value is -1.50. The molecule has 0 amide bonds. The van der Waals surface area contributed by atoms with Crippen LogP contribution in [0.1, 0.15) is 71.6 Å². The number of Topliss-reactive ketones (excluding diaryl/α,β-unsaturated/α-hetero) is 1. The highest BCUT2D eigenvalue weighted by atomic mass is 35.5. The van der Waals surface area contributed by atoms with Crippen LogP contribution in [0.4, 0.5) is 0 Å². The summed E-state index contributed by atoms with van der Waals surface area (Å²) in [6.07, 6.45) is 13.0. The Morgan fingerprint density at radius 3 is 2.78 bits per heavy atom. The molecule has 0 aliphatic heterocycles. The van der Waals surface area contributed by atoms with E-state index in [1.54, 1.807) is 17.1 Å². The molecule has 4 aliphatic carbocycles. The molecule has 8 atom stereocenters. The number of aromatic nitrogens is 3. The standard InChI is InChI=1S/C29H40ClN3O3/c1-27(35)10-11-29(17-36-3)18(13-27)4-5-20-21-6-7-23(28(21,2)9-8-22(20)29)26(34)16-33-25-12-19(30)14-31-24(25)15-32-33/h12,14-15,18,20-23,35H,4-11,13,16-17H2,1-3H3/t18-,20-,21-,22-,23+,27+,28-,29+/m0/s1. The smallest absolute Gasteiger partial charge is 0.157 e. The van der Waals surface area contributed by atoms with E-state index in [0.29, 0.717) is 34.5 Å². The highest BCUT2D eigenvalue weighted by Gasteiger charge is 2.63. The number of pyridine rings is 1. The SMILES string of the molecule is COC[C@]12CC[C@@](C)(O)C[C@@H]1CC[C@H]1[C@@H]3CC[C@H](C(=O)Cn4ncc5ncc(Cl)cc54)[C@@]3(C)CC[C@@H]12. The predicted octanol–water partition coefficient (Wildman–Crippen LogP) is 5.69. The molecule has 0 bridgehead atoms. The minimum absolute atomic E-state index is 0.0539. The van der Waals surface area contributed by atoms with Gasteiger partial charge in [-0.1, -0.05) is 18.5 Å². The molecule has 2 aromatic rings. The molecule has 0 radical (unpaired) electrons. The fourth-order valence-corrected chi connectivity index (χ4v) is 9.78. The number of carbonyl (C=O) groups is 1. The van der Waals surface area contributed by atoms with Gasteiger partial charge in [0.15, 0.2) is 5.78 Å². The number of carbonyl (C=O) groups excluding carboxylic acids is 1. The summed E-state index contributed by atoms with van der Waals surface area (Å²) < 4.78 is 7.68. The molecular formula is C29H40ClN3O3. The zero-order valence-electron chi connectivity index (χ0n) is 21.9. The topological polar surface area (TPSA) is 77.2 Å². The summed E-state index contributed by atoms with van der Waals surface area (Å²) in [6, 6.07) is 1.85. The summed E-state index contributed by atoms with van der Waals surface area (Å²) in [4.78, 5) is 18.1. The molecule has 0 aromatic carbocycles. The van der Waals surface area contributed by atoms with Crippen molar-refractivity contribution in [2.75, 3.05) is 13.7 Å². The highest BCUT2D eigenvalue weighted by Crippen LogP contribution is 2.68. The third kappa shape index (κ3) is 3.77. The molecule has 7 heteroatoms. The summed E-state index contributed by atoms with van der Waals surface area (Å²) in [6.45, 7) is 5.53. The van der Waals surface area contributed by atoms with Gasteiger partial charge in [0.1, 0.15) is 12.1 Å². The van der Waals surface area contributed by atoms with Crippen molar-refractivity contribution in [3.8, 4) is 0 Å². The van der Waals surface area contributed by atoms with Gasteiger partial charge < -0.3 is 9.84 Å². The molecule has 4 aliphatic rings. The third-order valence-corrected chi connectivity index (χ3v) is 11.4. The van der Waals surface area contributed by atoms with Crippen LogP contribution >= 0.6 is 11.6 Å². The maximum Gasteiger partial charge on any atom is 0.157 e. The number of aliphatic hydroxyl groups is 1. The summed E-state index contributed by atoms with van der Waals surface area (Å²) in [5.74, 6) is 2.81. The van der Waals surface area contributed by atoms with Gasteiger partial charge in [-0.25, -0.2) is 0 Å². The molecule has 0 saturated heterocycles. The molecule has 6 rings (SSSR count). The van der Waals surface area contributed by atoms with Crippen LogP contribution in [0.15, 0.2) is 18.5 Å². The van der Waals surface area contributed by atoms with Crippen LogP contribution in [0, 0.1) is 40.4 Å². The lowest BCUT2D eigenvalue weighted by Crippen LogP contribution is -2.58. The number of halogens is 1. The Morgan fingerprint density at radius 1 is 1.14 bits per heavy atom. The molecule has 196 valence electrons. The molecule has 36 heavy (non-hydrogen) atoms. The van der Waals surface area contributed by atoms with Gasteiger partial charge in [0.25, 0.3) is 0 Å². The van der Waals surface area contributed by atoms with Gasteiger partial charge in [-0.2, -0.15) is 5.10 Å². The van der Waals surface area contributed by atoms with Gasteiger partial charge in [-0.15, -0.1) is 0 Å². The summed E-state index contributed by atoms with van der Waals surface area (Å²) in [5.41, 5.74) is 1.29. The molecule has 0 spiro atoms. The van der Waals surface area contributed by atoms with Gasteiger partial charge >= 0.3 is 0 Å². The first-order valence-corrected chi connectivity index (χ1v) is 14.3. The van der Waals surface area contributed by atoms with E-state index in [9.17, 15) is 9.90 Å². The molecule has 2 heterocycles. The fraction of sp³-hybridized carbons (Fsp3) is 0.759. The number of hydrogen-bond acceptors (Lipinski definition) is 5. The summed E-state index contributed by atoms with van der Waals surface area (Å²) >= 11 is 6.18. The first kappa shape index (κ1) is 24.8. The van der Waals surface area contributed by atoms with E-state index in [2.05, 4.69) is 17.0 Å². The number of hydrogen-bond donors (Lipinski definition) is 1. The quantitative estimate of drug-likeness (QED) is 0.555. The predicted molar refractivity (Wildman–Crippen MR) is 140 cm³/mol. The van der Waals surface area contributed by atoms with Crippen LogP contribution in [-0.2, 0) is 16.1 Å². The zero-order chi connectivity index (χ0) is 25.3. The Labute approximate surface area is 219 Å². The molecule has 6 nitrogen and oxygen atoms in total. The van der Waals surface area contributed by atoms with E-state index in [-0.39, 0.29) is 23.3 Å². The van der Waals surface area contributed by atoms with E-state index < -0.39 is 5.60 Å². The van der Waals surface area contributed by atoms with Gasteiger partial charge in [0.2, 0.25) is 0 Å². The Kier molecular flexibility index (Phi) is 6.05. The first-order valence-electron chi connectivity index (χ1n) is 13.9. The van der Waals surface area contributed by atoms with Crippen molar-refractivity contribution in [3.63, 3.8) is 0 Å². The van der Waals surface area contributed by atoms with Crippen LogP contribution in [0.5, 0.6) is 0 Å². The Morgan fingerprint density at radius 2 is 1.97 bits per heavy atom. The van der Waals surface area contributed by atoms with E-state index in [0.717, 1.165) is 56.2 Å². The lowest BCUT2D eigenvalue weighted by molar-refractivity contribution is -0.175. The minimum atomic E-state index is -0.542. The molecule has 2 aromatic heterocycles. The van der Waals surface area contributed by atoms with Crippen molar-refractivity contribution < 1.29 is 14.6 Å². The first-order chi connectivity index (χ1) is 17.2. The van der Waals surface area contributed by atoms with Crippen molar-refractivity contribution in [1.29, 1.82) is 0 Å². The van der Waals surface area contributed by atoms with Crippen LogP contribution in [0.25, 0.3) is 11.0 Å². The van der Waals surface area contributed by atoms with Crippen LogP contribution in [0.3, 0.4) is 0 Å². The summed E-state index contributed by atoms with van der Waals surface area (Å²) in [7, 11) is 1.85. The van der Waals surface area contributed by atoms with E-state index in [1.165, 1.54) is 19.3 Å². The normalized spacial score (nSPS) is 42.1. The second-order valence-corrected chi connectivity index (χ2v) is 13.5. The number of nitrogens with zero attached hydrogens (tertiary/aromatic N) is 3. The largest absolute Gasteiger partial charge is 0.390 e. The highest BCUT2D eigenvalue weighted by molar-refractivity contribution is 6.31. The van der Waals surface area contributed by atoms with E-state index in [4.69, 9.17) is 16.3 Å². The minimum Gasteiger partial charge on any atom is -0.390 e. The Bertz CT molecular complexity index is 1160. The van der Waals surface area contributed by atoms with Crippen molar-refractivity contribution in [2.24, 2.45) is 40.4 Å². The average molecular weight is 514 g/mol. The second-order valence-electron chi connectivity index (χ2n) is 13.0. The Balaban J connectivity index is 1.24. The van der Waals surface area contributed by atoms with Gasteiger partial charge in [-0.3, -0.25) is 14.5 Å². The van der Waals surface area contributed by atoms with Crippen molar-refractivity contribution in [1.82, 2.24) is 14.8 Å². The number of rotatable bonds is 5. The number of ether oxygens (including phenoxy) is 1. The average Bonchev–Trinajstić information content (AvgIpc) is 3.39. The lowest BCUT2D eigenvalue weighted by atomic mass is 9.43. The van der Waals surface area contributed by atoms with Gasteiger partial charge in [-0.05, 0) is 105 Å². The molecule has 1 N–H and O–H groups in total. The van der Waals surface area contributed by atoms with Crippen LogP contribution < -0.4 is 0 Å². The third-order valence-electron chi connectivity index (χ3n) is 11.2. The summed E-state index contributed by atoms with van der Waals surface area (Å²) in [5, 5.41) is 15.9. The number of ketones is 1. The van der Waals surface area contributed by atoms with Gasteiger partial charge in [0.05, 0.1) is 28.9 Å². The fourth-order valence-electron chi connectivity index (χ4n) is 9.63. The lowest BCUT2D eigenvalue weighted by Gasteiger charge is -2.62. The van der Waals surface area contributed by atoms with Crippen LogP contribution in [-0.4, -0.2) is 45.0 Å². The van der Waals surface area contributed by atoms with E-state index in [1.807, 2.05) is 20.1 Å². The van der Waals surface area contributed by atoms with Crippen molar-refractivity contribution >= 4 is 28.4 Å². The zero-order valence-corrected chi connectivity index (χ0v) is 22.6. The molecule has 4 saturated carbocycles. The second kappa shape index (κ2) is 8.78.